The fraction of sp³-hybridized carbons (Fsp3) is 0.342. The predicted octanol–water partition coefficient (Wildman–Crippen LogP) is 6.51. The van der Waals surface area contributed by atoms with Crippen LogP contribution >= 0.6 is 0 Å². The number of nitriles is 1. The Labute approximate surface area is 284 Å². The number of carbonyl (C=O) groups excluding carboxylic acids is 1. The largest absolute Gasteiger partial charge is 0.462 e. The molecular formula is C38H38FN7O3. The molecule has 5 aromatic rings. The van der Waals surface area contributed by atoms with Crippen LogP contribution in [0.4, 0.5) is 15.0 Å². The Hall–Kier alpha value is -5.34. The van der Waals surface area contributed by atoms with Crippen molar-refractivity contribution in [2.75, 3.05) is 44.7 Å². The molecule has 2 aliphatic heterocycles. The van der Waals surface area contributed by atoms with E-state index in [9.17, 15) is 10.1 Å². The molecular weight excluding hydrogens is 621 g/mol. The van der Waals surface area contributed by atoms with E-state index in [1.807, 2.05) is 78.6 Å². The van der Waals surface area contributed by atoms with E-state index in [-0.39, 0.29) is 49.4 Å². The van der Waals surface area contributed by atoms with Gasteiger partial charge in [0.2, 0.25) is 0 Å². The van der Waals surface area contributed by atoms with Gasteiger partial charge in [0, 0.05) is 37.4 Å². The molecule has 2 aliphatic rings. The number of likely N-dealkylation sites (tertiary alicyclic amines) is 1. The molecule has 0 aliphatic carbocycles. The van der Waals surface area contributed by atoms with Crippen molar-refractivity contribution in [3.8, 4) is 23.3 Å². The van der Waals surface area contributed by atoms with Gasteiger partial charge in [0.15, 0.2) is 5.82 Å². The highest BCUT2D eigenvalue weighted by Gasteiger charge is 2.34. The summed E-state index contributed by atoms with van der Waals surface area (Å²) in [5, 5.41) is 12.1. The van der Waals surface area contributed by atoms with Crippen molar-refractivity contribution in [3.05, 3.63) is 89.9 Å². The minimum absolute atomic E-state index is 0.0782. The van der Waals surface area contributed by atoms with Crippen molar-refractivity contribution < 1.29 is 18.7 Å². The number of benzene rings is 3. The average Bonchev–Trinajstić information content (AvgIpc) is 3.54. The highest BCUT2D eigenvalue weighted by atomic mass is 19.1. The standard InChI is InChI=1S/C38H38FN7O3/c1-25-9-6-12-27-13-7-15-30(32(25)27)34-33(39)35-31(21-41-34)36(43-37(42-35)48-24-29-14-8-18-44(29)2)45-19-20-46(28(22-45)16-17-40)38(47)49-23-26-10-4-3-5-11-26/h3-7,9-13,15,21,28-29H,8,14,16,18-20,22-24H2,1-2H3/t28-,29-/m0/s1. The van der Waals surface area contributed by atoms with Gasteiger partial charge in [0.05, 0.1) is 23.9 Å². The van der Waals surface area contributed by atoms with Crippen LogP contribution in [0.15, 0.2) is 72.9 Å². The second-order valence-electron chi connectivity index (χ2n) is 12.8. The second-order valence-corrected chi connectivity index (χ2v) is 12.8. The summed E-state index contributed by atoms with van der Waals surface area (Å²) in [7, 11) is 2.07. The summed E-state index contributed by atoms with van der Waals surface area (Å²) in [6.07, 6.45) is 3.31. The lowest BCUT2D eigenvalue weighted by Gasteiger charge is -2.40. The number of carbonyl (C=O) groups is 1. The number of aryl methyl sites for hydroxylation is 1. The summed E-state index contributed by atoms with van der Waals surface area (Å²) in [6.45, 7) is 4.47. The van der Waals surface area contributed by atoms with Crippen LogP contribution in [0.5, 0.6) is 6.01 Å². The maximum Gasteiger partial charge on any atom is 0.410 e. The molecule has 0 radical (unpaired) electrons. The number of fused-ring (bicyclic) bond motifs is 2. The highest BCUT2D eigenvalue weighted by molar-refractivity contribution is 6.00. The van der Waals surface area contributed by atoms with Crippen molar-refractivity contribution in [1.29, 1.82) is 5.26 Å². The maximum atomic E-state index is 16.8. The number of ether oxygens (including phenoxy) is 2. The highest BCUT2D eigenvalue weighted by Crippen LogP contribution is 2.36. The van der Waals surface area contributed by atoms with Crippen LogP contribution in [0.3, 0.4) is 0 Å². The van der Waals surface area contributed by atoms with Crippen molar-refractivity contribution in [1.82, 2.24) is 24.8 Å². The third kappa shape index (κ3) is 6.56. The Morgan fingerprint density at radius 3 is 2.61 bits per heavy atom. The first-order valence-corrected chi connectivity index (χ1v) is 16.7. The van der Waals surface area contributed by atoms with E-state index in [0.29, 0.717) is 29.9 Å². The SMILES string of the molecule is Cc1cccc2cccc(-c3ncc4c(N5CCN(C(=O)OCc6ccccc6)[C@@H](CC#N)C5)nc(OC[C@@H]5CCCN5C)nc4c3F)c12. The van der Waals surface area contributed by atoms with Gasteiger partial charge < -0.3 is 24.2 Å². The normalized spacial score (nSPS) is 18.2. The molecule has 2 atom stereocenters. The van der Waals surface area contributed by atoms with Gasteiger partial charge in [-0.25, -0.2) is 9.18 Å². The Balaban J connectivity index is 1.24. The lowest BCUT2D eigenvalue weighted by Crippen LogP contribution is -2.55. The molecule has 0 spiro atoms. The molecule has 49 heavy (non-hydrogen) atoms. The number of piperazine rings is 1. The van der Waals surface area contributed by atoms with Crippen molar-refractivity contribution in [2.45, 2.75) is 44.9 Å². The summed E-state index contributed by atoms with van der Waals surface area (Å²) in [4.78, 5) is 33.1. The Kier molecular flexibility index (Phi) is 9.22. The van der Waals surface area contributed by atoms with Crippen LogP contribution in [-0.4, -0.2) is 82.8 Å². The smallest absolute Gasteiger partial charge is 0.410 e. The molecule has 1 amide bonds. The van der Waals surface area contributed by atoms with Gasteiger partial charge in [0.25, 0.3) is 0 Å². The molecule has 11 heteroatoms. The minimum Gasteiger partial charge on any atom is -0.462 e. The number of anilines is 1. The quantitative estimate of drug-likeness (QED) is 0.184. The number of pyridine rings is 1. The van der Waals surface area contributed by atoms with Crippen LogP contribution < -0.4 is 9.64 Å². The number of aromatic nitrogens is 3. The third-order valence-electron chi connectivity index (χ3n) is 9.64. The molecule has 2 saturated heterocycles. The molecule has 2 aromatic heterocycles. The van der Waals surface area contributed by atoms with Crippen molar-refractivity contribution in [3.63, 3.8) is 0 Å². The number of rotatable bonds is 8. The zero-order valence-electron chi connectivity index (χ0n) is 27.7. The monoisotopic (exact) mass is 659 g/mol. The van der Waals surface area contributed by atoms with E-state index in [1.54, 1.807) is 11.1 Å². The van der Waals surface area contributed by atoms with Crippen LogP contribution in [-0.2, 0) is 11.3 Å². The van der Waals surface area contributed by atoms with Gasteiger partial charge in [-0.1, -0.05) is 66.7 Å². The summed E-state index contributed by atoms with van der Waals surface area (Å²) in [5.74, 6) is -0.108. The molecule has 7 rings (SSSR count). The molecule has 10 nitrogen and oxygen atoms in total. The Morgan fingerprint density at radius 1 is 1.02 bits per heavy atom. The van der Waals surface area contributed by atoms with Crippen molar-refractivity contribution in [2.24, 2.45) is 0 Å². The summed E-state index contributed by atoms with van der Waals surface area (Å²) >= 11 is 0. The van der Waals surface area contributed by atoms with Gasteiger partial charge in [0.1, 0.15) is 30.2 Å². The molecule has 0 N–H and O–H groups in total. The average molecular weight is 660 g/mol. The number of likely N-dealkylation sites (N-methyl/N-ethyl adjacent to an activating group) is 1. The molecule has 0 unspecified atom stereocenters. The van der Waals surface area contributed by atoms with Gasteiger partial charge in [-0.2, -0.15) is 15.2 Å². The van der Waals surface area contributed by atoms with Gasteiger partial charge in [-0.15, -0.1) is 0 Å². The first-order valence-electron chi connectivity index (χ1n) is 16.7. The van der Waals surface area contributed by atoms with Gasteiger partial charge in [-0.05, 0) is 55.3 Å². The Bertz CT molecular complexity index is 2030. The summed E-state index contributed by atoms with van der Waals surface area (Å²) in [5.41, 5.74) is 2.89. The summed E-state index contributed by atoms with van der Waals surface area (Å²) < 4.78 is 28.6. The predicted molar refractivity (Wildman–Crippen MR) is 186 cm³/mol. The van der Waals surface area contributed by atoms with Gasteiger partial charge in [-0.3, -0.25) is 4.98 Å². The number of halogens is 1. The molecule has 250 valence electrons. The van der Waals surface area contributed by atoms with Gasteiger partial charge >= 0.3 is 12.1 Å². The molecule has 0 bridgehead atoms. The number of hydrogen-bond donors (Lipinski definition) is 0. The van der Waals surface area contributed by atoms with Crippen molar-refractivity contribution >= 4 is 33.6 Å². The molecule has 4 heterocycles. The fourth-order valence-corrected chi connectivity index (χ4v) is 6.97. The molecule has 2 fully saturated rings. The zero-order chi connectivity index (χ0) is 33.9. The zero-order valence-corrected chi connectivity index (χ0v) is 27.7. The second kappa shape index (κ2) is 14.0. The topological polar surface area (TPSA) is 108 Å². The Morgan fingerprint density at radius 2 is 1.84 bits per heavy atom. The van der Waals surface area contributed by atoms with Crippen LogP contribution in [0, 0.1) is 24.1 Å². The lowest BCUT2D eigenvalue weighted by molar-refractivity contribution is 0.0768. The van der Waals surface area contributed by atoms with E-state index in [1.165, 1.54) is 0 Å². The number of hydrogen-bond acceptors (Lipinski definition) is 9. The minimum atomic E-state index is -0.559. The first kappa shape index (κ1) is 32.2. The fourth-order valence-electron chi connectivity index (χ4n) is 6.97. The van der Waals surface area contributed by atoms with E-state index >= 15 is 4.39 Å². The number of nitrogens with zero attached hydrogens (tertiary/aromatic N) is 7. The van der Waals surface area contributed by atoms with Crippen LogP contribution in [0.2, 0.25) is 0 Å². The molecule has 0 saturated carbocycles. The van der Waals surface area contributed by atoms with E-state index in [4.69, 9.17) is 14.5 Å². The number of amides is 1. The van der Waals surface area contributed by atoms with E-state index < -0.39 is 18.0 Å². The lowest BCUT2D eigenvalue weighted by atomic mass is 9.97. The first-order chi connectivity index (χ1) is 23.9. The van der Waals surface area contributed by atoms with E-state index in [2.05, 4.69) is 28.0 Å². The third-order valence-corrected chi connectivity index (χ3v) is 9.64. The van der Waals surface area contributed by atoms with E-state index in [0.717, 1.165) is 41.3 Å². The van der Waals surface area contributed by atoms with Crippen LogP contribution in [0.1, 0.15) is 30.4 Å². The van der Waals surface area contributed by atoms with Crippen LogP contribution in [0.25, 0.3) is 32.9 Å². The maximum absolute atomic E-state index is 16.8. The molecule has 3 aromatic carbocycles. The summed E-state index contributed by atoms with van der Waals surface area (Å²) in [6, 6.07) is 23.3.